The predicted molar refractivity (Wildman–Crippen MR) is 159 cm³/mol. The van der Waals surface area contributed by atoms with Gasteiger partial charge in [0.25, 0.3) is 0 Å². The fraction of sp³-hybridized carbons (Fsp3) is 0. The fourth-order valence-corrected chi connectivity index (χ4v) is 4.80. The molecule has 4 aromatic heterocycles. The van der Waals surface area contributed by atoms with Gasteiger partial charge in [-0.1, -0.05) is 47.4 Å². The first kappa shape index (κ1) is 27.8. The van der Waals surface area contributed by atoms with Gasteiger partial charge in [-0.15, -0.1) is 51.4 Å². The number of hydrogen-bond donors (Lipinski definition) is 4. The number of fused-ring (bicyclic) bond motifs is 8. The molecule has 4 aromatic rings. The summed E-state index contributed by atoms with van der Waals surface area (Å²) >= 11 is 0. The SMILES string of the molecule is C#Cc1c2[nH]c(c1C#C)C=c1[nH]c(c(C#C)c1C#C)=Cc1[nH]c(c(C#C)c1C#C)C=c1[nH]c(c(C#C)c1C#C)=C2.[Pt]. The minimum absolute atomic E-state index is 0. The number of nitrogens with one attached hydrogen (secondary N) is 4. The van der Waals surface area contributed by atoms with Crippen LogP contribution in [0.5, 0.6) is 0 Å². The molecule has 4 N–H and O–H groups in total. The van der Waals surface area contributed by atoms with E-state index in [-0.39, 0.29) is 21.1 Å². The largest absolute Gasteiger partial charge is 0.353 e. The number of hydrogen-bond acceptors (Lipinski definition) is 0. The van der Waals surface area contributed by atoms with Crippen molar-refractivity contribution in [3.8, 4) is 98.8 Å². The molecule has 0 saturated heterocycles. The van der Waals surface area contributed by atoms with E-state index in [1.54, 1.807) is 24.3 Å². The smallest absolute Gasteiger partial charge is 0.0656 e. The molecule has 5 heterocycles. The van der Waals surface area contributed by atoms with Crippen molar-refractivity contribution in [3.05, 3.63) is 88.7 Å². The third kappa shape index (κ3) is 4.23. The fourth-order valence-electron chi connectivity index (χ4n) is 4.80. The number of H-pyrrole nitrogens is 4. The summed E-state index contributed by atoms with van der Waals surface area (Å²) in [6.45, 7) is 0. The van der Waals surface area contributed by atoms with Crippen LogP contribution in [0.25, 0.3) is 24.3 Å². The molecule has 0 amide bonds. The van der Waals surface area contributed by atoms with E-state index in [0.29, 0.717) is 88.7 Å². The van der Waals surface area contributed by atoms with Gasteiger partial charge in [-0.2, -0.15) is 0 Å². The van der Waals surface area contributed by atoms with Gasteiger partial charge in [-0.3, -0.25) is 0 Å². The molecule has 0 atom stereocenters. The molecule has 1 aliphatic rings. The maximum atomic E-state index is 5.89. The molecule has 0 radical (unpaired) electrons. The van der Waals surface area contributed by atoms with Gasteiger partial charge in [0.2, 0.25) is 0 Å². The van der Waals surface area contributed by atoms with Gasteiger partial charge in [-0.05, 0) is 24.3 Å². The van der Waals surface area contributed by atoms with Gasteiger partial charge in [-0.25, -0.2) is 0 Å². The van der Waals surface area contributed by atoms with E-state index in [9.17, 15) is 0 Å². The zero-order chi connectivity index (χ0) is 28.6. The van der Waals surface area contributed by atoms with E-state index >= 15 is 0 Å². The van der Waals surface area contributed by atoms with Gasteiger partial charge in [0.05, 0.1) is 88.7 Å². The van der Waals surface area contributed by atoms with Crippen LogP contribution in [0.4, 0.5) is 0 Å². The van der Waals surface area contributed by atoms with Gasteiger partial charge >= 0.3 is 0 Å². The third-order valence-electron chi connectivity index (χ3n) is 6.54. The van der Waals surface area contributed by atoms with Crippen molar-refractivity contribution in [2.45, 2.75) is 0 Å². The number of terminal acetylenes is 8. The number of rotatable bonds is 0. The minimum atomic E-state index is 0. The molecule has 5 rings (SSSR count). The van der Waals surface area contributed by atoms with Crippen LogP contribution >= 0.6 is 0 Å². The van der Waals surface area contributed by atoms with Crippen LogP contribution in [0.2, 0.25) is 0 Å². The Morgan fingerprint density at radius 2 is 0.512 bits per heavy atom. The van der Waals surface area contributed by atoms with Crippen molar-refractivity contribution in [2.24, 2.45) is 0 Å². The molecule has 0 fully saturated rings. The molecule has 0 unspecified atom stereocenters. The Hall–Kier alpha value is -6.23. The second-order valence-corrected chi connectivity index (χ2v) is 8.54. The number of aromatic amines is 4. The second-order valence-electron chi connectivity index (χ2n) is 8.54. The van der Waals surface area contributed by atoms with Crippen molar-refractivity contribution in [1.29, 1.82) is 0 Å². The predicted octanol–water partition coefficient (Wildman–Crippen LogP) is 0.476. The molecule has 1 aliphatic heterocycles. The van der Waals surface area contributed by atoms with Crippen LogP contribution in [0.15, 0.2) is 0 Å². The Morgan fingerprint density at radius 3 is 0.683 bits per heavy atom. The maximum absolute atomic E-state index is 5.89. The molecular weight excluding hydrogens is 684 g/mol. The van der Waals surface area contributed by atoms with E-state index < -0.39 is 0 Å². The molecule has 0 saturated carbocycles. The summed E-state index contributed by atoms with van der Waals surface area (Å²) in [5.74, 6) is 21.4. The molecule has 8 bridgehead atoms. The summed E-state index contributed by atoms with van der Waals surface area (Å²) in [6, 6.07) is 0. The van der Waals surface area contributed by atoms with E-state index in [1.165, 1.54) is 0 Å². The Kier molecular flexibility index (Phi) is 7.37. The molecule has 0 aromatic carbocycles. The summed E-state index contributed by atoms with van der Waals surface area (Å²) in [5.41, 5.74) is 5.86. The molecule has 190 valence electrons. The molecule has 41 heavy (non-hydrogen) atoms. The first-order valence-electron chi connectivity index (χ1n) is 11.6. The van der Waals surface area contributed by atoms with Crippen molar-refractivity contribution in [1.82, 2.24) is 19.9 Å². The minimum Gasteiger partial charge on any atom is -0.353 e. The van der Waals surface area contributed by atoms with E-state index in [2.05, 4.69) is 67.3 Å². The first-order valence-corrected chi connectivity index (χ1v) is 11.6. The summed E-state index contributed by atoms with van der Waals surface area (Å²) in [7, 11) is 0. The van der Waals surface area contributed by atoms with Gasteiger partial charge in [0.15, 0.2) is 0 Å². The Balaban J connectivity index is 0.00000387. The van der Waals surface area contributed by atoms with Crippen LogP contribution < -0.4 is 21.4 Å². The van der Waals surface area contributed by atoms with Crippen LogP contribution in [0, 0.1) is 98.8 Å². The summed E-state index contributed by atoms with van der Waals surface area (Å²) < 4.78 is 0. The van der Waals surface area contributed by atoms with Crippen molar-refractivity contribution >= 4 is 24.3 Å². The first-order chi connectivity index (χ1) is 19.5. The molecule has 0 spiro atoms. The zero-order valence-electron chi connectivity index (χ0n) is 21.2. The second kappa shape index (κ2) is 10.9. The van der Waals surface area contributed by atoms with Crippen LogP contribution in [-0.2, 0) is 21.1 Å². The van der Waals surface area contributed by atoms with Crippen molar-refractivity contribution in [2.75, 3.05) is 0 Å². The maximum Gasteiger partial charge on any atom is 0.0656 e. The van der Waals surface area contributed by atoms with Crippen LogP contribution in [0.3, 0.4) is 0 Å². The van der Waals surface area contributed by atoms with Crippen LogP contribution in [0.1, 0.15) is 67.3 Å². The quantitative estimate of drug-likeness (QED) is 0.170. The summed E-state index contributed by atoms with van der Waals surface area (Å²) in [4.78, 5) is 13.2. The van der Waals surface area contributed by atoms with Gasteiger partial charge in [0, 0.05) is 21.1 Å². The average molecular weight is 700 g/mol. The summed E-state index contributed by atoms with van der Waals surface area (Å²) in [6.07, 6.45) is 54.1. The van der Waals surface area contributed by atoms with E-state index in [4.69, 9.17) is 51.4 Å². The van der Waals surface area contributed by atoms with E-state index in [0.717, 1.165) is 0 Å². The average Bonchev–Trinajstić information content (AvgIpc) is 3.67. The molecule has 5 heteroatoms. The Bertz CT molecular complexity index is 2070. The van der Waals surface area contributed by atoms with E-state index in [1.807, 2.05) is 0 Å². The van der Waals surface area contributed by atoms with Crippen molar-refractivity contribution in [3.63, 3.8) is 0 Å². The molecule has 4 nitrogen and oxygen atoms in total. The number of aromatic nitrogens is 4. The van der Waals surface area contributed by atoms with Gasteiger partial charge in [0.1, 0.15) is 0 Å². The molecular formula is C36H16N4Pt. The molecule has 0 aliphatic carbocycles. The standard InChI is InChI=1S/C36H16N4.Pt/c1-9-21-22(10-2)30-18-32-25(13-5)26(14-6)34(39-32)20-36-28(16-8)27(15-7)35(40-36)19-33-24(12-4)23(11-3)31(38-33)17-29(21)37-30;/h1-8,17-20,37-40H;. The third-order valence-corrected chi connectivity index (χ3v) is 6.54. The topological polar surface area (TPSA) is 63.2 Å². The Labute approximate surface area is 251 Å². The Morgan fingerprint density at radius 1 is 0.317 bits per heavy atom. The van der Waals surface area contributed by atoms with Crippen molar-refractivity contribution < 1.29 is 21.1 Å². The normalized spacial score (nSPS) is 10.3. The summed E-state index contributed by atoms with van der Waals surface area (Å²) in [5, 5.41) is 2.17. The van der Waals surface area contributed by atoms with Gasteiger partial charge < -0.3 is 19.9 Å². The monoisotopic (exact) mass is 699 g/mol. The zero-order valence-corrected chi connectivity index (χ0v) is 23.5. The van der Waals surface area contributed by atoms with Crippen LogP contribution in [-0.4, -0.2) is 19.9 Å².